The van der Waals surface area contributed by atoms with Gasteiger partial charge < -0.3 is 22.1 Å². The van der Waals surface area contributed by atoms with E-state index in [1.165, 1.54) is 0 Å². The highest BCUT2D eigenvalue weighted by Gasteiger charge is 2.19. The van der Waals surface area contributed by atoms with Crippen LogP contribution in [0.15, 0.2) is 0 Å². The van der Waals surface area contributed by atoms with Crippen LogP contribution < -0.4 is 22.1 Å². The maximum absolute atomic E-state index is 11.8. The van der Waals surface area contributed by atoms with Crippen LogP contribution in [0.25, 0.3) is 0 Å². The molecule has 0 rings (SSSR count). The monoisotopic (exact) mass is 271 g/mol. The number of hydrogen-bond acceptors (Lipinski definition) is 3. The molecular formula is C13H29N5O. The van der Waals surface area contributed by atoms with E-state index in [-0.39, 0.29) is 17.4 Å². The molecule has 6 nitrogen and oxygen atoms in total. The molecule has 0 saturated heterocycles. The van der Waals surface area contributed by atoms with E-state index in [1.54, 1.807) is 0 Å². The zero-order valence-corrected chi connectivity index (χ0v) is 12.2. The molecule has 0 aliphatic carbocycles. The lowest BCUT2D eigenvalue weighted by atomic mass is 9.98. The van der Waals surface area contributed by atoms with Gasteiger partial charge >= 0.3 is 0 Å². The predicted octanol–water partition coefficient (Wildman–Crippen LogP) is 0.664. The Balaban J connectivity index is 3.74. The van der Waals surface area contributed by atoms with Crippen molar-refractivity contribution >= 4 is 11.9 Å². The quantitative estimate of drug-likeness (QED) is 0.228. The fourth-order valence-corrected chi connectivity index (χ4v) is 1.86. The summed E-state index contributed by atoms with van der Waals surface area (Å²) >= 11 is 0. The average Bonchev–Trinajstić information content (AvgIpc) is 2.29. The van der Waals surface area contributed by atoms with E-state index in [0.717, 1.165) is 32.1 Å². The highest BCUT2D eigenvalue weighted by Crippen LogP contribution is 2.11. The van der Waals surface area contributed by atoms with E-state index in [4.69, 9.17) is 16.9 Å². The number of rotatable bonds is 10. The molecule has 0 aliphatic rings. The standard InChI is InChI=1S/C13H29N5O/c1-13(2,8-6-10-17-12(15)16)18-11(19)7-4-3-5-9-14/h3-10,14H2,1-2H3,(H,18,19)(H4,15,16,17). The maximum atomic E-state index is 11.8. The minimum absolute atomic E-state index is 0.0123. The van der Waals surface area contributed by atoms with E-state index >= 15 is 0 Å². The Bertz CT molecular complexity index is 278. The molecule has 0 atom stereocenters. The second kappa shape index (κ2) is 9.61. The number of amides is 1. The third kappa shape index (κ3) is 11.5. The molecular weight excluding hydrogens is 242 g/mol. The van der Waals surface area contributed by atoms with Gasteiger partial charge in [0.25, 0.3) is 0 Å². The molecule has 6 heteroatoms. The molecule has 0 fully saturated rings. The Labute approximate surface area is 116 Å². The summed E-state index contributed by atoms with van der Waals surface area (Å²) in [5.41, 5.74) is 10.4. The topological polar surface area (TPSA) is 117 Å². The van der Waals surface area contributed by atoms with Crippen LogP contribution in [0.5, 0.6) is 0 Å². The SMILES string of the molecule is CC(C)(CCCNC(=N)N)NC(=O)CCCCCN. The summed E-state index contributed by atoms with van der Waals surface area (Å²) in [4.78, 5) is 11.8. The fourth-order valence-electron chi connectivity index (χ4n) is 1.86. The van der Waals surface area contributed by atoms with Crippen molar-refractivity contribution in [2.75, 3.05) is 13.1 Å². The number of unbranched alkanes of at least 4 members (excludes halogenated alkanes) is 2. The number of carbonyl (C=O) groups excluding carboxylic acids is 1. The third-order valence-electron chi connectivity index (χ3n) is 2.88. The molecule has 0 unspecified atom stereocenters. The zero-order chi connectivity index (χ0) is 14.7. The van der Waals surface area contributed by atoms with Gasteiger partial charge in [-0.3, -0.25) is 10.2 Å². The van der Waals surface area contributed by atoms with Crippen LogP contribution in [0.2, 0.25) is 0 Å². The summed E-state index contributed by atoms with van der Waals surface area (Å²) in [6.07, 6.45) is 5.16. The van der Waals surface area contributed by atoms with Crippen LogP contribution in [-0.4, -0.2) is 30.5 Å². The number of nitrogens with two attached hydrogens (primary N) is 2. The van der Waals surface area contributed by atoms with Crippen molar-refractivity contribution in [3.8, 4) is 0 Å². The lowest BCUT2D eigenvalue weighted by Gasteiger charge is -2.26. The number of nitrogens with one attached hydrogen (secondary N) is 3. The van der Waals surface area contributed by atoms with E-state index in [2.05, 4.69) is 10.6 Å². The van der Waals surface area contributed by atoms with Gasteiger partial charge in [0.1, 0.15) is 0 Å². The first-order chi connectivity index (χ1) is 8.87. The van der Waals surface area contributed by atoms with Crippen molar-refractivity contribution in [2.45, 2.75) is 57.9 Å². The first kappa shape index (κ1) is 17.7. The normalized spacial score (nSPS) is 11.1. The van der Waals surface area contributed by atoms with E-state index in [9.17, 15) is 4.79 Å². The summed E-state index contributed by atoms with van der Waals surface area (Å²) in [6, 6.07) is 0. The molecule has 0 aromatic rings. The van der Waals surface area contributed by atoms with Gasteiger partial charge in [-0.25, -0.2) is 0 Å². The molecule has 0 aliphatic heterocycles. The van der Waals surface area contributed by atoms with Crippen molar-refractivity contribution in [3.63, 3.8) is 0 Å². The Morgan fingerprint density at radius 2 is 1.89 bits per heavy atom. The highest BCUT2D eigenvalue weighted by molar-refractivity contribution is 5.76. The molecule has 0 radical (unpaired) electrons. The number of carbonyl (C=O) groups is 1. The Morgan fingerprint density at radius 1 is 1.21 bits per heavy atom. The van der Waals surface area contributed by atoms with Gasteiger partial charge in [-0.05, 0) is 46.1 Å². The van der Waals surface area contributed by atoms with Crippen LogP contribution in [0.4, 0.5) is 0 Å². The number of guanidine groups is 1. The van der Waals surface area contributed by atoms with Crippen molar-refractivity contribution in [1.29, 1.82) is 5.41 Å². The largest absolute Gasteiger partial charge is 0.370 e. The second-order valence-corrected chi connectivity index (χ2v) is 5.48. The summed E-state index contributed by atoms with van der Waals surface area (Å²) in [6.45, 7) is 5.37. The molecule has 0 aromatic heterocycles. The van der Waals surface area contributed by atoms with Crippen LogP contribution in [0.3, 0.4) is 0 Å². The van der Waals surface area contributed by atoms with Crippen molar-refractivity contribution < 1.29 is 4.79 Å². The Morgan fingerprint density at radius 3 is 2.47 bits per heavy atom. The summed E-state index contributed by atoms with van der Waals surface area (Å²) in [5.74, 6) is 0.0864. The van der Waals surface area contributed by atoms with Gasteiger partial charge in [0.15, 0.2) is 5.96 Å². The first-order valence-electron chi connectivity index (χ1n) is 6.96. The second-order valence-electron chi connectivity index (χ2n) is 5.48. The molecule has 0 aromatic carbocycles. The summed E-state index contributed by atoms with van der Waals surface area (Å²) in [7, 11) is 0. The molecule has 7 N–H and O–H groups in total. The summed E-state index contributed by atoms with van der Waals surface area (Å²) in [5, 5.41) is 12.8. The fraction of sp³-hybridized carbons (Fsp3) is 0.846. The molecule has 0 bridgehead atoms. The van der Waals surface area contributed by atoms with E-state index in [0.29, 0.717) is 19.5 Å². The lowest BCUT2D eigenvalue weighted by molar-refractivity contribution is -0.122. The molecule has 1 amide bonds. The van der Waals surface area contributed by atoms with Gasteiger partial charge in [-0.1, -0.05) is 6.42 Å². The van der Waals surface area contributed by atoms with E-state index < -0.39 is 0 Å². The van der Waals surface area contributed by atoms with Crippen molar-refractivity contribution in [2.24, 2.45) is 11.5 Å². The maximum Gasteiger partial charge on any atom is 0.220 e. The first-order valence-corrected chi connectivity index (χ1v) is 6.96. The Kier molecular flexibility index (Phi) is 8.95. The molecule has 112 valence electrons. The Hall–Kier alpha value is -1.30. The average molecular weight is 271 g/mol. The lowest BCUT2D eigenvalue weighted by Crippen LogP contribution is -2.44. The number of hydrogen-bond donors (Lipinski definition) is 5. The molecule has 0 saturated carbocycles. The van der Waals surface area contributed by atoms with Gasteiger partial charge in [0.2, 0.25) is 5.91 Å². The van der Waals surface area contributed by atoms with Gasteiger partial charge in [0.05, 0.1) is 0 Å². The van der Waals surface area contributed by atoms with E-state index in [1.807, 2.05) is 13.8 Å². The van der Waals surface area contributed by atoms with Crippen LogP contribution >= 0.6 is 0 Å². The zero-order valence-electron chi connectivity index (χ0n) is 12.2. The predicted molar refractivity (Wildman–Crippen MR) is 78.9 cm³/mol. The molecule has 0 spiro atoms. The molecule has 0 heterocycles. The van der Waals surface area contributed by atoms with Gasteiger partial charge in [0, 0.05) is 18.5 Å². The van der Waals surface area contributed by atoms with Crippen molar-refractivity contribution in [1.82, 2.24) is 10.6 Å². The van der Waals surface area contributed by atoms with Gasteiger partial charge in [-0.15, -0.1) is 0 Å². The summed E-state index contributed by atoms with van der Waals surface area (Å²) < 4.78 is 0. The van der Waals surface area contributed by atoms with Crippen molar-refractivity contribution in [3.05, 3.63) is 0 Å². The van der Waals surface area contributed by atoms with Crippen LogP contribution in [-0.2, 0) is 4.79 Å². The minimum Gasteiger partial charge on any atom is -0.370 e. The van der Waals surface area contributed by atoms with Gasteiger partial charge in [-0.2, -0.15) is 0 Å². The van der Waals surface area contributed by atoms with Crippen LogP contribution in [0.1, 0.15) is 52.4 Å². The third-order valence-corrected chi connectivity index (χ3v) is 2.88. The van der Waals surface area contributed by atoms with Crippen LogP contribution in [0, 0.1) is 5.41 Å². The smallest absolute Gasteiger partial charge is 0.220 e. The highest BCUT2D eigenvalue weighted by atomic mass is 16.1. The minimum atomic E-state index is -0.219. The molecule has 19 heavy (non-hydrogen) atoms.